The van der Waals surface area contributed by atoms with Gasteiger partial charge in [0, 0.05) is 22.0 Å². The Balaban J connectivity index is 1.43. The second kappa shape index (κ2) is 8.97. The van der Waals surface area contributed by atoms with Crippen LogP contribution < -0.4 is 0 Å². The third-order valence-electron chi connectivity index (χ3n) is 8.57. The van der Waals surface area contributed by atoms with Crippen LogP contribution in [0.1, 0.15) is 16.7 Å². The maximum Gasteiger partial charge on any atom is 0.175 e. The summed E-state index contributed by atoms with van der Waals surface area (Å²) < 4.78 is 4.26. The van der Waals surface area contributed by atoms with Crippen LogP contribution in [0.4, 0.5) is 0 Å². The number of hydrogen-bond donors (Lipinski definition) is 0. The monoisotopic (exact) mass is 555 g/mol. The number of aromatic nitrogens is 3. The van der Waals surface area contributed by atoms with Crippen molar-refractivity contribution in [2.45, 2.75) is 9.90 Å². The quantitative estimate of drug-likeness (QED) is 0.217. The Morgan fingerprint density at radius 3 is 1.69 bits per heavy atom. The van der Waals surface area contributed by atoms with Crippen molar-refractivity contribution in [1.29, 1.82) is 0 Å². The predicted molar refractivity (Wildman–Crippen MR) is 174 cm³/mol. The van der Waals surface area contributed by atoms with Crippen LogP contribution in [-0.2, 0) is 4.75 Å². The number of para-hydroxylation sites is 4. The van der Waals surface area contributed by atoms with Gasteiger partial charge in [-0.2, -0.15) is 0 Å². The van der Waals surface area contributed by atoms with Crippen molar-refractivity contribution in [3.05, 3.63) is 168 Å². The van der Waals surface area contributed by atoms with E-state index in [1.807, 2.05) is 11.8 Å². The molecule has 0 unspecified atom stereocenters. The maximum absolute atomic E-state index is 5.17. The molecule has 6 aromatic carbocycles. The minimum absolute atomic E-state index is 0.496. The highest BCUT2D eigenvalue weighted by Crippen LogP contribution is 2.57. The van der Waals surface area contributed by atoms with Gasteiger partial charge in [-0.25, -0.2) is 4.98 Å². The van der Waals surface area contributed by atoms with Gasteiger partial charge in [-0.15, -0.1) is 0 Å². The van der Waals surface area contributed by atoms with Gasteiger partial charge in [0.05, 0.1) is 27.8 Å². The number of hydrogen-bond acceptors (Lipinski definition) is 2. The fourth-order valence-corrected chi connectivity index (χ4v) is 8.27. The van der Waals surface area contributed by atoms with E-state index in [1.54, 1.807) is 0 Å². The third kappa shape index (κ3) is 3.21. The van der Waals surface area contributed by atoms with Crippen LogP contribution in [-0.4, -0.2) is 14.1 Å². The minimum atomic E-state index is -0.496. The van der Waals surface area contributed by atoms with E-state index in [9.17, 15) is 0 Å². The van der Waals surface area contributed by atoms with Gasteiger partial charge in [-0.05, 0) is 53.6 Å². The van der Waals surface area contributed by atoms with E-state index < -0.39 is 4.75 Å². The highest BCUT2D eigenvalue weighted by molar-refractivity contribution is 8.00. The highest BCUT2D eigenvalue weighted by atomic mass is 32.2. The molecule has 198 valence electrons. The first-order chi connectivity index (χ1) is 20.8. The molecule has 0 N–H and O–H groups in total. The average Bonchev–Trinajstić information content (AvgIpc) is 3.60. The van der Waals surface area contributed by atoms with Crippen LogP contribution in [0.3, 0.4) is 0 Å². The lowest BCUT2D eigenvalue weighted by molar-refractivity contribution is 0.798. The van der Waals surface area contributed by atoms with E-state index in [0.717, 1.165) is 27.6 Å². The van der Waals surface area contributed by atoms with E-state index in [2.05, 4.69) is 161 Å². The molecule has 42 heavy (non-hydrogen) atoms. The molecule has 0 bridgehead atoms. The molecule has 0 amide bonds. The predicted octanol–water partition coefficient (Wildman–Crippen LogP) is 9.52. The molecule has 0 saturated carbocycles. The van der Waals surface area contributed by atoms with Crippen molar-refractivity contribution in [3.63, 3.8) is 0 Å². The molecule has 2 aromatic heterocycles. The summed E-state index contributed by atoms with van der Waals surface area (Å²) in [6, 6.07) is 54.7. The van der Waals surface area contributed by atoms with Crippen molar-refractivity contribution < 1.29 is 0 Å². The summed E-state index contributed by atoms with van der Waals surface area (Å²) >= 11 is 1.83. The Bertz CT molecular complexity index is 2190. The van der Waals surface area contributed by atoms with Gasteiger partial charge in [0.2, 0.25) is 0 Å². The zero-order chi connectivity index (χ0) is 27.7. The van der Waals surface area contributed by atoms with Crippen LogP contribution >= 0.6 is 11.8 Å². The van der Waals surface area contributed by atoms with Gasteiger partial charge in [0.1, 0.15) is 4.75 Å². The van der Waals surface area contributed by atoms with E-state index >= 15 is 0 Å². The molecule has 1 aliphatic rings. The van der Waals surface area contributed by atoms with Crippen molar-refractivity contribution in [1.82, 2.24) is 14.1 Å². The topological polar surface area (TPSA) is 22.8 Å². The summed E-state index contributed by atoms with van der Waals surface area (Å²) in [6.07, 6.45) is 0. The number of benzene rings is 6. The summed E-state index contributed by atoms with van der Waals surface area (Å²) in [4.78, 5) is 5.17. The summed E-state index contributed by atoms with van der Waals surface area (Å²) in [6.45, 7) is 0. The van der Waals surface area contributed by atoms with Crippen LogP contribution in [0.2, 0.25) is 0 Å². The molecule has 0 radical (unpaired) electrons. The first-order valence-electron chi connectivity index (χ1n) is 14.2. The molecule has 0 saturated heterocycles. The molecular weight excluding hydrogens is 531 g/mol. The number of fused-ring (bicyclic) bond motifs is 8. The molecule has 0 atom stereocenters. The lowest BCUT2D eigenvalue weighted by Crippen LogP contribution is -2.31. The lowest BCUT2D eigenvalue weighted by atomic mass is 9.82. The molecule has 1 aliphatic heterocycles. The Labute approximate surface area is 247 Å². The summed E-state index contributed by atoms with van der Waals surface area (Å²) in [5.41, 5.74) is 10.6. The van der Waals surface area contributed by atoms with Crippen molar-refractivity contribution >= 4 is 44.6 Å². The summed E-state index contributed by atoms with van der Waals surface area (Å²) in [5.74, 6) is 0. The van der Waals surface area contributed by atoms with Crippen LogP contribution in [0, 0.1) is 0 Å². The van der Waals surface area contributed by atoms with E-state index in [-0.39, 0.29) is 0 Å². The highest BCUT2D eigenvalue weighted by Gasteiger charge is 2.45. The molecular formula is C38H25N3S. The third-order valence-corrected chi connectivity index (χ3v) is 10.0. The second-order valence-corrected chi connectivity index (χ2v) is 12.0. The zero-order valence-electron chi connectivity index (χ0n) is 22.7. The number of rotatable bonds is 3. The first-order valence-corrected chi connectivity index (χ1v) is 15.1. The zero-order valence-corrected chi connectivity index (χ0v) is 23.5. The lowest BCUT2D eigenvalue weighted by Gasteiger charge is -2.40. The normalized spacial score (nSPS) is 13.8. The molecule has 0 fully saturated rings. The van der Waals surface area contributed by atoms with Crippen molar-refractivity contribution in [3.8, 4) is 11.4 Å². The van der Waals surface area contributed by atoms with Crippen molar-refractivity contribution in [2.75, 3.05) is 0 Å². The average molecular weight is 556 g/mol. The number of imidazole rings is 1. The number of nitrogens with zero attached hydrogens (tertiary/aromatic N) is 3. The van der Waals surface area contributed by atoms with Gasteiger partial charge < -0.3 is 4.57 Å². The maximum atomic E-state index is 5.17. The van der Waals surface area contributed by atoms with Gasteiger partial charge in [0.15, 0.2) is 5.16 Å². The molecule has 0 aliphatic carbocycles. The van der Waals surface area contributed by atoms with E-state index in [4.69, 9.17) is 4.98 Å². The van der Waals surface area contributed by atoms with Crippen molar-refractivity contribution in [2.24, 2.45) is 0 Å². The molecule has 9 rings (SSSR count). The molecule has 4 heteroatoms. The molecule has 0 spiro atoms. The Morgan fingerprint density at radius 1 is 0.500 bits per heavy atom. The first kappa shape index (κ1) is 23.6. The Morgan fingerprint density at radius 2 is 1.05 bits per heavy atom. The molecule has 3 nitrogen and oxygen atoms in total. The summed E-state index contributed by atoms with van der Waals surface area (Å²) in [5, 5.41) is 3.53. The SMILES string of the molecule is c1ccc(C2(c3ccccc3)Sc3nc4ccccc4n3-c3ccc(-n4c5ccccc5c5ccccc54)cc32)cc1. The molecule has 8 aromatic rings. The van der Waals surface area contributed by atoms with Crippen LogP contribution in [0.5, 0.6) is 0 Å². The van der Waals surface area contributed by atoms with E-state index in [1.165, 1.54) is 38.5 Å². The second-order valence-electron chi connectivity index (χ2n) is 10.8. The summed E-state index contributed by atoms with van der Waals surface area (Å²) in [7, 11) is 0. The van der Waals surface area contributed by atoms with Gasteiger partial charge >= 0.3 is 0 Å². The molecule has 3 heterocycles. The Hall–Kier alpha value is -5.06. The van der Waals surface area contributed by atoms with Crippen LogP contribution in [0.15, 0.2) is 157 Å². The van der Waals surface area contributed by atoms with E-state index in [0.29, 0.717) is 0 Å². The van der Waals surface area contributed by atoms with Gasteiger partial charge in [-0.1, -0.05) is 121 Å². The largest absolute Gasteiger partial charge is 0.309 e. The van der Waals surface area contributed by atoms with Gasteiger partial charge in [0.25, 0.3) is 0 Å². The minimum Gasteiger partial charge on any atom is -0.309 e. The fourth-order valence-electron chi connectivity index (χ4n) is 6.78. The number of thioether (sulfide) groups is 1. The van der Waals surface area contributed by atoms with Gasteiger partial charge in [-0.3, -0.25) is 4.57 Å². The Kier molecular flexibility index (Phi) is 5.05. The fraction of sp³-hybridized carbons (Fsp3) is 0.0263. The van der Waals surface area contributed by atoms with Crippen LogP contribution in [0.25, 0.3) is 44.2 Å². The standard InChI is InChI=1S/C38H25N3S/c1-3-13-26(14-4-1)38(27-15-5-2-6-16-27)31-25-28(40-33-20-10-7-17-29(33)30-18-8-11-21-34(30)40)23-24-35(31)41-36-22-12-9-19-32(36)39-37(41)42-38/h1-25H. The smallest absolute Gasteiger partial charge is 0.175 e.